The van der Waals surface area contributed by atoms with Crippen LogP contribution in [0.15, 0.2) is 58.3 Å². The van der Waals surface area contributed by atoms with Gasteiger partial charge in [0.05, 0.1) is 10.6 Å². The zero-order chi connectivity index (χ0) is 18.4. The van der Waals surface area contributed by atoms with Gasteiger partial charge in [0.25, 0.3) is 0 Å². The van der Waals surface area contributed by atoms with Crippen LogP contribution in [0.4, 0.5) is 5.69 Å². The highest BCUT2D eigenvalue weighted by atomic mass is 35.5. The number of hydrogen-bond donors (Lipinski definition) is 2. The minimum absolute atomic E-state index is 0.162. The molecule has 5 nitrogen and oxygen atoms in total. The van der Waals surface area contributed by atoms with Crippen LogP contribution in [-0.2, 0) is 14.8 Å². The summed E-state index contributed by atoms with van der Waals surface area (Å²) in [5.74, 6) is 0.0761. The number of thioether (sulfide) groups is 1. The average Bonchev–Trinajstić information content (AvgIpc) is 2.54. The molecule has 2 aromatic rings. The molecule has 0 fully saturated rings. The number of benzene rings is 2. The molecular formula is C17H19ClN2O3S2. The molecule has 8 heteroatoms. The predicted molar refractivity (Wildman–Crippen MR) is 103 cm³/mol. The van der Waals surface area contributed by atoms with Crippen molar-refractivity contribution in [1.29, 1.82) is 0 Å². The monoisotopic (exact) mass is 398 g/mol. The van der Waals surface area contributed by atoms with E-state index in [1.807, 2.05) is 12.1 Å². The van der Waals surface area contributed by atoms with Gasteiger partial charge in [-0.2, -0.15) is 0 Å². The lowest BCUT2D eigenvalue weighted by molar-refractivity contribution is -0.113. The van der Waals surface area contributed by atoms with Gasteiger partial charge < -0.3 is 5.32 Å². The first-order valence-corrected chi connectivity index (χ1v) is 10.4. The molecule has 0 aliphatic heterocycles. The van der Waals surface area contributed by atoms with Crippen LogP contribution in [0, 0.1) is 0 Å². The zero-order valence-corrected chi connectivity index (χ0v) is 16.2. The van der Waals surface area contributed by atoms with Crippen molar-refractivity contribution in [2.24, 2.45) is 0 Å². The molecule has 0 aliphatic carbocycles. The summed E-state index contributed by atoms with van der Waals surface area (Å²) in [6, 6.07) is 13.1. The molecule has 1 amide bonds. The molecule has 2 aromatic carbocycles. The third-order valence-electron chi connectivity index (χ3n) is 3.02. The van der Waals surface area contributed by atoms with Gasteiger partial charge in [0, 0.05) is 21.6 Å². The molecule has 2 N–H and O–H groups in total. The Morgan fingerprint density at radius 1 is 1.08 bits per heavy atom. The van der Waals surface area contributed by atoms with E-state index >= 15 is 0 Å². The SMILES string of the molecule is CC(C)NS(=O)(=O)c1ccc(NC(=O)CSc2ccc(Cl)cc2)cc1. The molecule has 0 aliphatic rings. The third kappa shape index (κ3) is 6.36. The molecule has 0 aromatic heterocycles. The van der Waals surface area contributed by atoms with Gasteiger partial charge in [-0.15, -0.1) is 11.8 Å². The lowest BCUT2D eigenvalue weighted by atomic mass is 10.3. The molecule has 0 radical (unpaired) electrons. The summed E-state index contributed by atoms with van der Waals surface area (Å²) in [5, 5.41) is 3.39. The summed E-state index contributed by atoms with van der Waals surface area (Å²) in [7, 11) is -3.53. The van der Waals surface area contributed by atoms with Gasteiger partial charge in [-0.3, -0.25) is 4.79 Å². The Morgan fingerprint density at radius 2 is 1.68 bits per heavy atom. The van der Waals surface area contributed by atoms with Gasteiger partial charge in [0.15, 0.2) is 0 Å². The van der Waals surface area contributed by atoms with Crippen LogP contribution in [0.25, 0.3) is 0 Å². The number of halogens is 1. The molecule has 0 unspecified atom stereocenters. The topological polar surface area (TPSA) is 75.3 Å². The van der Waals surface area contributed by atoms with Crippen LogP contribution in [0.1, 0.15) is 13.8 Å². The highest BCUT2D eigenvalue weighted by Gasteiger charge is 2.15. The van der Waals surface area contributed by atoms with Gasteiger partial charge in [-0.05, 0) is 62.4 Å². The highest BCUT2D eigenvalue weighted by molar-refractivity contribution is 8.00. The molecule has 0 heterocycles. The van der Waals surface area contributed by atoms with Gasteiger partial charge in [0.1, 0.15) is 0 Å². The van der Waals surface area contributed by atoms with Gasteiger partial charge in [0.2, 0.25) is 15.9 Å². The molecular weight excluding hydrogens is 380 g/mol. The quantitative estimate of drug-likeness (QED) is 0.696. The molecule has 25 heavy (non-hydrogen) atoms. The number of anilines is 1. The fourth-order valence-corrected chi connectivity index (χ4v) is 4.05. The maximum atomic E-state index is 12.0. The summed E-state index contributed by atoms with van der Waals surface area (Å²) < 4.78 is 26.6. The van der Waals surface area contributed by atoms with Crippen LogP contribution in [0.2, 0.25) is 5.02 Å². The van der Waals surface area contributed by atoms with Crippen molar-refractivity contribution in [3.05, 3.63) is 53.6 Å². The largest absolute Gasteiger partial charge is 0.325 e. The van der Waals surface area contributed by atoms with Gasteiger partial charge >= 0.3 is 0 Å². The van der Waals surface area contributed by atoms with Crippen LogP contribution in [-0.4, -0.2) is 26.1 Å². The van der Waals surface area contributed by atoms with Crippen LogP contribution < -0.4 is 10.0 Å². The van der Waals surface area contributed by atoms with Crippen LogP contribution in [0.5, 0.6) is 0 Å². The normalized spacial score (nSPS) is 11.5. The van der Waals surface area contributed by atoms with Crippen LogP contribution >= 0.6 is 23.4 Å². The molecule has 0 atom stereocenters. The van der Waals surface area contributed by atoms with Crippen molar-refractivity contribution in [2.75, 3.05) is 11.1 Å². The summed E-state index contributed by atoms with van der Waals surface area (Å²) >= 11 is 7.21. The standard InChI is InChI=1S/C17H19ClN2O3S2/c1-12(2)20-25(22,23)16-9-5-14(6-10-16)19-17(21)11-24-15-7-3-13(18)4-8-15/h3-10,12,20H,11H2,1-2H3,(H,19,21). The Balaban J connectivity index is 1.92. The van der Waals surface area contributed by atoms with Crippen LogP contribution in [0.3, 0.4) is 0 Å². The number of rotatable bonds is 7. The second kappa shape index (κ2) is 8.71. The number of hydrogen-bond acceptors (Lipinski definition) is 4. The highest BCUT2D eigenvalue weighted by Crippen LogP contribution is 2.21. The second-order valence-corrected chi connectivity index (χ2v) is 8.79. The molecule has 134 valence electrons. The minimum Gasteiger partial charge on any atom is -0.325 e. The predicted octanol–water partition coefficient (Wildman–Crippen LogP) is 3.76. The van der Waals surface area contributed by atoms with Gasteiger partial charge in [-0.1, -0.05) is 11.6 Å². The summed E-state index contributed by atoms with van der Waals surface area (Å²) in [5.41, 5.74) is 0.546. The first-order chi connectivity index (χ1) is 11.8. The summed E-state index contributed by atoms with van der Waals surface area (Å²) in [6.45, 7) is 3.51. The Labute approximate surface area is 157 Å². The zero-order valence-electron chi connectivity index (χ0n) is 13.8. The Bertz CT molecular complexity index is 820. The van der Waals surface area contributed by atoms with Crippen molar-refractivity contribution in [3.63, 3.8) is 0 Å². The molecule has 0 saturated carbocycles. The lowest BCUT2D eigenvalue weighted by Crippen LogP contribution is -2.30. The number of sulfonamides is 1. The van der Waals surface area contributed by atoms with E-state index in [9.17, 15) is 13.2 Å². The number of carbonyl (C=O) groups excluding carboxylic acids is 1. The fraction of sp³-hybridized carbons (Fsp3) is 0.235. The third-order valence-corrected chi connectivity index (χ3v) is 5.96. The smallest absolute Gasteiger partial charge is 0.240 e. The van der Waals surface area contributed by atoms with E-state index in [0.29, 0.717) is 10.7 Å². The first kappa shape index (κ1) is 19.8. The van der Waals surface area contributed by atoms with E-state index in [4.69, 9.17) is 11.6 Å². The number of amides is 1. The van der Waals surface area contributed by atoms with E-state index in [2.05, 4.69) is 10.0 Å². The Morgan fingerprint density at radius 3 is 2.24 bits per heavy atom. The van der Waals surface area contributed by atoms with E-state index in [1.54, 1.807) is 38.1 Å². The maximum absolute atomic E-state index is 12.0. The minimum atomic E-state index is -3.53. The molecule has 0 spiro atoms. The van der Waals surface area contributed by atoms with Crippen molar-refractivity contribution < 1.29 is 13.2 Å². The number of carbonyl (C=O) groups is 1. The molecule has 0 bridgehead atoms. The van der Waals surface area contributed by atoms with E-state index in [1.165, 1.54) is 23.9 Å². The van der Waals surface area contributed by atoms with Crippen molar-refractivity contribution >= 4 is 45.0 Å². The Kier molecular flexibility index (Phi) is 6.89. The van der Waals surface area contributed by atoms with Crippen molar-refractivity contribution in [1.82, 2.24) is 4.72 Å². The summed E-state index contributed by atoms with van der Waals surface area (Å²) in [6.07, 6.45) is 0. The number of nitrogens with one attached hydrogen (secondary N) is 2. The van der Waals surface area contributed by atoms with E-state index in [0.717, 1.165) is 4.90 Å². The van der Waals surface area contributed by atoms with Crippen molar-refractivity contribution in [2.45, 2.75) is 29.7 Å². The Hall–Kier alpha value is -1.54. The van der Waals surface area contributed by atoms with E-state index < -0.39 is 10.0 Å². The second-order valence-electron chi connectivity index (χ2n) is 5.59. The van der Waals surface area contributed by atoms with Crippen molar-refractivity contribution in [3.8, 4) is 0 Å². The maximum Gasteiger partial charge on any atom is 0.240 e. The fourth-order valence-electron chi connectivity index (χ4n) is 1.97. The molecule has 2 rings (SSSR count). The van der Waals surface area contributed by atoms with Gasteiger partial charge in [-0.25, -0.2) is 13.1 Å². The first-order valence-electron chi connectivity index (χ1n) is 7.57. The van der Waals surface area contributed by atoms with E-state index in [-0.39, 0.29) is 22.6 Å². The molecule has 0 saturated heterocycles. The average molecular weight is 399 g/mol. The summed E-state index contributed by atoms with van der Waals surface area (Å²) in [4.78, 5) is 13.1. The lowest BCUT2D eigenvalue weighted by Gasteiger charge is -2.10.